The van der Waals surface area contributed by atoms with Crippen LogP contribution in [0.15, 0.2) is 0 Å². The van der Waals surface area contributed by atoms with Crippen LogP contribution in [-0.4, -0.2) is 36.6 Å². The summed E-state index contributed by atoms with van der Waals surface area (Å²) in [6.45, 7) is 15.3. The molecule has 114 valence electrons. The van der Waals surface area contributed by atoms with Crippen LogP contribution in [0.1, 0.15) is 66.7 Å². The highest BCUT2D eigenvalue weighted by atomic mass is 15.2. The van der Waals surface area contributed by atoms with Crippen molar-refractivity contribution >= 4 is 0 Å². The molecule has 1 aliphatic rings. The molecule has 0 spiro atoms. The van der Waals surface area contributed by atoms with E-state index in [1.165, 1.54) is 38.6 Å². The number of hydrogen-bond acceptors (Lipinski definition) is 2. The van der Waals surface area contributed by atoms with E-state index in [1.807, 2.05) is 0 Å². The average Bonchev–Trinajstić information content (AvgIpc) is 2.89. The zero-order chi connectivity index (χ0) is 14.3. The lowest BCUT2D eigenvalue weighted by Gasteiger charge is -2.38. The van der Waals surface area contributed by atoms with Crippen molar-refractivity contribution in [2.75, 3.05) is 19.6 Å². The fraction of sp³-hybridized carbons (Fsp3) is 1.00. The molecular weight excluding hydrogens is 232 g/mol. The van der Waals surface area contributed by atoms with Crippen molar-refractivity contribution in [2.45, 2.75) is 78.8 Å². The summed E-state index contributed by atoms with van der Waals surface area (Å²) in [5.41, 5.74) is 0. The van der Waals surface area contributed by atoms with Gasteiger partial charge in [-0.3, -0.25) is 4.90 Å². The van der Waals surface area contributed by atoms with Crippen molar-refractivity contribution in [3.8, 4) is 0 Å². The molecule has 19 heavy (non-hydrogen) atoms. The van der Waals surface area contributed by atoms with Gasteiger partial charge in [0.15, 0.2) is 0 Å². The van der Waals surface area contributed by atoms with Crippen LogP contribution in [0, 0.1) is 11.8 Å². The summed E-state index contributed by atoms with van der Waals surface area (Å²) in [6, 6.07) is 1.57. The Bertz CT molecular complexity index is 221. The molecule has 0 amide bonds. The molecule has 0 aromatic rings. The highest BCUT2D eigenvalue weighted by molar-refractivity contribution is 4.84. The second kappa shape index (κ2) is 8.97. The summed E-state index contributed by atoms with van der Waals surface area (Å²) in [5.74, 6) is 1.56. The van der Waals surface area contributed by atoms with Gasteiger partial charge in [0.25, 0.3) is 0 Å². The van der Waals surface area contributed by atoms with Crippen LogP contribution in [0.3, 0.4) is 0 Å². The maximum absolute atomic E-state index is 3.51. The van der Waals surface area contributed by atoms with E-state index < -0.39 is 0 Å². The molecule has 0 radical (unpaired) electrons. The molecule has 0 saturated heterocycles. The minimum atomic E-state index is 0.709. The van der Waals surface area contributed by atoms with Gasteiger partial charge in [0.2, 0.25) is 0 Å². The highest BCUT2D eigenvalue weighted by Crippen LogP contribution is 2.27. The quantitative estimate of drug-likeness (QED) is 0.682. The number of nitrogens with one attached hydrogen (secondary N) is 1. The van der Waals surface area contributed by atoms with E-state index in [9.17, 15) is 0 Å². The van der Waals surface area contributed by atoms with Crippen LogP contribution in [0.2, 0.25) is 0 Å². The van der Waals surface area contributed by atoms with Crippen molar-refractivity contribution in [3.63, 3.8) is 0 Å². The minimum Gasteiger partial charge on any atom is -0.317 e. The lowest BCUT2D eigenvalue weighted by atomic mass is 9.98. The molecule has 1 fully saturated rings. The Kier molecular flexibility index (Phi) is 8.01. The van der Waals surface area contributed by atoms with Crippen LogP contribution in [0.5, 0.6) is 0 Å². The smallest absolute Gasteiger partial charge is 0.0108 e. The highest BCUT2D eigenvalue weighted by Gasteiger charge is 2.28. The predicted octanol–water partition coefficient (Wildman–Crippen LogP) is 3.91. The molecular formula is C17H36N2. The van der Waals surface area contributed by atoms with E-state index in [4.69, 9.17) is 0 Å². The molecule has 0 aliphatic heterocycles. The van der Waals surface area contributed by atoms with Gasteiger partial charge >= 0.3 is 0 Å². The molecule has 1 saturated carbocycles. The Morgan fingerprint density at radius 2 is 1.74 bits per heavy atom. The molecule has 1 aliphatic carbocycles. The van der Waals surface area contributed by atoms with Gasteiger partial charge in [-0.15, -0.1) is 0 Å². The van der Waals surface area contributed by atoms with Gasteiger partial charge in [-0.05, 0) is 57.7 Å². The van der Waals surface area contributed by atoms with Gasteiger partial charge in [-0.2, -0.15) is 0 Å². The summed E-state index contributed by atoms with van der Waals surface area (Å²) >= 11 is 0. The largest absolute Gasteiger partial charge is 0.317 e. The summed E-state index contributed by atoms with van der Waals surface area (Å²) in [7, 11) is 0. The standard InChI is InChI=1S/C17H36N2/c1-6-18-13-15(4)16(5)19(12-11-14(2)3)17-9-7-8-10-17/h14-18H,6-13H2,1-5H3. The van der Waals surface area contributed by atoms with Gasteiger partial charge in [0, 0.05) is 12.1 Å². The van der Waals surface area contributed by atoms with E-state index in [2.05, 4.69) is 44.8 Å². The Hall–Kier alpha value is -0.0800. The topological polar surface area (TPSA) is 15.3 Å². The van der Waals surface area contributed by atoms with E-state index >= 15 is 0 Å². The normalized spacial score (nSPS) is 20.4. The second-order valence-corrected chi connectivity index (χ2v) is 6.88. The second-order valence-electron chi connectivity index (χ2n) is 6.88. The van der Waals surface area contributed by atoms with Crippen LogP contribution in [-0.2, 0) is 0 Å². The van der Waals surface area contributed by atoms with Gasteiger partial charge in [0.1, 0.15) is 0 Å². The number of rotatable bonds is 9. The summed E-state index contributed by atoms with van der Waals surface area (Å²) in [4.78, 5) is 2.83. The first-order valence-electron chi connectivity index (χ1n) is 8.52. The molecule has 2 heteroatoms. The molecule has 1 N–H and O–H groups in total. The first kappa shape index (κ1) is 17.0. The van der Waals surface area contributed by atoms with Gasteiger partial charge in [-0.25, -0.2) is 0 Å². The lowest BCUT2D eigenvalue weighted by molar-refractivity contribution is 0.102. The third kappa shape index (κ3) is 5.83. The summed E-state index contributed by atoms with van der Waals surface area (Å²) < 4.78 is 0. The van der Waals surface area contributed by atoms with Crippen molar-refractivity contribution in [3.05, 3.63) is 0 Å². The Balaban J connectivity index is 2.54. The van der Waals surface area contributed by atoms with E-state index in [0.29, 0.717) is 6.04 Å². The van der Waals surface area contributed by atoms with Gasteiger partial charge < -0.3 is 5.32 Å². The molecule has 0 aromatic heterocycles. The summed E-state index contributed by atoms with van der Waals surface area (Å²) in [6.07, 6.45) is 7.08. The van der Waals surface area contributed by atoms with E-state index in [0.717, 1.165) is 31.0 Å². The SMILES string of the molecule is CCNCC(C)C(C)N(CCC(C)C)C1CCCC1. The zero-order valence-electron chi connectivity index (χ0n) is 13.9. The van der Waals surface area contributed by atoms with Crippen LogP contribution < -0.4 is 5.32 Å². The van der Waals surface area contributed by atoms with Crippen molar-refractivity contribution in [1.82, 2.24) is 10.2 Å². The molecule has 0 aromatic carbocycles. The van der Waals surface area contributed by atoms with Crippen LogP contribution in [0.4, 0.5) is 0 Å². The van der Waals surface area contributed by atoms with Crippen molar-refractivity contribution in [1.29, 1.82) is 0 Å². The van der Waals surface area contributed by atoms with Crippen LogP contribution in [0.25, 0.3) is 0 Å². The Labute approximate surface area is 121 Å². The maximum Gasteiger partial charge on any atom is 0.0108 e. The monoisotopic (exact) mass is 268 g/mol. The molecule has 0 heterocycles. The Morgan fingerprint density at radius 3 is 2.26 bits per heavy atom. The van der Waals surface area contributed by atoms with Crippen LogP contribution >= 0.6 is 0 Å². The van der Waals surface area contributed by atoms with Crippen molar-refractivity contribution < 1.29 is 0 Å². The molecule has 2 atom stereocenters. The number of hydrogen-bond donors (Lipinski definition) is 1. The van der Waals surface area contributed by atoms with Crippen molar-refractivity contribution in [2.24, 2.45) is 11.8 Å². The first-order chi connectivity index (χ1) is 9.06. The fourth-order valence-corrected chi connectivity index (χ4v) is 3.23. The summed E-state index contributed by atoms with van der Waals surface area (Å²) in [5, 5.41) is 3.51. The minimum absolute atomic E-state index is 0.709. The lowest BCUT2D eigenvalue weighted by Crippen LogP contribution is -2.46. The third-order valence-electron chi connectivity index (χ3n) is 4.82. The molecule has 2 unspecified atom stereocenters. The van der Waals surface area contributed by atoms with E-state index in [1.54, 1.807) is 0 Å². The van der Waals surface area contributed by atoms with E-state index in [-0.39, 0.29) is 0 Å². The van der Waals surface area contributed by atoms with Gasteiger partial charge in [0.05, 0.1) is 0 Å². The molecule has 0 bridgehead atoms. The molecule has 1 rings (SSSR count). The Morgan fingerprint density at radius 1 is 1.11 bits per heavy atom. The number of nitrogens with zero attached hydrogens (tertiary/aromatic N) is 1. The fourth-order valence-electron chi connectivity index (χ4n) is 3.23. The average molecular weight is 268 g/mol. The predicted molar refractivity (Wildman–Crippen MR) is 85.6 cm³/mol. The maximum atomic E-state index is 3.51. The van der Waals surface area contributed by atoms with Gasteiger partial charge in [-0.1, -0.05) is 40.5 Å². The first-order valence-corrected chi connectivity index (χ1v) is 8.52. The molecule has 2 nitrogen and oxygen atoms in total. The zero-order valence-corrected chi connectivity index (χ0v) is 13.9. The third-order valence-corrected chi connectivity index (χ3v) is 4.82.